The van der Waals surface area contributed by atoms with E-state index in [2.05, 4.69) is 9.97 Å². The number of aromatic nitrogens is 2. The molecule has 6 heteroatoms. The van der Waals surface area contributed by atoms with E-state index in [1.807, 2.05) is 34.6 Å². The molecule has 0 bridgehead atoms. The van der Waals surface area contributed by atoms with Gasteiger partial charge in [0.15, 0.2) is 5.15 Å². The number of hydrogen-bond acceptors (Lipinski definition) is 5. The minimum Gasteiger partial charge on any atom is -0.459 e. The SMILES string of the molecule is Cc1nc(Cl)c(SCC(=O)OC(C)(C)C)nc1C. The van der Waals surface area contributed by atoms with Gasteiger partial charge in [0.05, 0.1) is 17.1 Å². The van der Waals surface area contributed by atoms with Crippen molar-refractivity contribution in [1.82, 2.24) is 9.97 Å². The Balaban J connectivity index is 2.64. The molecule has 0 atom stereocenters. The summed E-state index contributed by atoms with van der Waals surface area (Å²) >= 11 is 7.21. The van der Waals surface area contributed by atoms with E-state index in [1.165, 1.54) is 11.8 Å². The molecule has 0 saturated heterocycles. The summed E-state index contributed by atoms with van der Waals surface area (Å²) in [7, 11) is 0. The van der Waals surface area contributed by atoms with E-state index in [1.54, 1.807) is 0 Å². The summed E-state index contributed by atoms with van der Waals surface area (Å²) in [6.45, 7) is 9.20. The van der Waals surface area contributed by atoms with E-state index in [0.29, 0.717) is 10.2 Å². The summed E-state index contributed by atoms with van der Waals surface area (Å²) in [6, 6.07) is 0. The molecule has 0 radical (unpaired) electrons. The lowest BCUT2D eigenvalue weighted by atomic mass is 10.2. The largest absolute Gasteiger partial charge is 0.459 e. The predicted octanol–water partition coefficient (Wildman–Crippen LogP) is 3.18. The molecule has 4 nitrogen and oxygen atoms in total. The van der Waals surface area contributed by atoms with Gasteiger partial charge < -0.3 is 4.74 Å². The zero-order chi connectivity index (χ0) is 13.9. The molecule has 100 valence electrons. The van der Waals surface area contributed by atoms with Gasteiger partial charge in [-0.1, -0.05) is 23.4 Å². The molecule has 0 unspecified atom stereocenters. The highest BCUT2D eigenvalue weighted by Gasteiger charge is 2.17. The minimum absolute atomic E-state index is 0.175. The van der Waals surface area contributed by atoms with Crippen LogP contribution in [-0.2, 0) is 9.53 Å². The number of nitrogens with zero attached hydrogens (tertiary/aromatic N) is 2. The van der Waals surface area contributed by atoms with Gasteiger partial charge in [0.25, 0.3) is 0 Å². The molecule has 0 aliphatic rings. The minimum atomic E-state index is -0.476. The van der Waals surface area contributed by atoms with Crippen molar-refractivity contribution in [2.24, 2.45) is 0 Å². The summed E-state index contributed by atoms with van der Waals surface area (Å²) in [5.74, 6) is -0.114. The molecule has 18 heavy (non-hydrogen) atoms. The number of carbonyl (C=O) groups excluding carboxylic acids is 1. The average Bonchev–Trinajstić information content (AvgIpc) is 2.19. The fourth-order valence-electron chi connectivity index (χ4n) is 1.15. The molecule has 1 aromatic rings. The van der Waals surface area contributed by atoms with Crippen LogP contribution in [0.3, 0.4) is 0 Å². The van der Waals surface area contributed by atoms with Crippen molar-refractivity contribution in [2.45, 2.75) is 45.2 Å². The molecule has 0 N–H and O–H groups in total. The quantitative estimate of drug-likeness (QED) is 0.631. The van der Waals surface area contributed by atoms with Crippen LogP contribution in [0.1, 0.15) is 32.2 Å². The van der Waals surface area contributed by atoms with Crippen molar-refractivity contribution in [3.05, 3.63) is 16.5 Å². The predicted molar refractivity (Wildman–Crippen MR) is 73.1 cm³/mol. The third-order valence-electron chi connectivity index (χ3n) is 1.98. The summed E-state index contributed by atoms with van der Waals surface area (Å²) < 4.78 is 5.20. The first-order chi connectivity index (χ1) is 8.19. The van der Waals surface area contributed by atoms with E-state index in [-0.39, 0.29) is 11.7 Å². The lowest BCUT2D eigenvalue weighted by Crippen LogP contribution is -2.24. The number of carbonyl (C=O) groups is 1. The number of hydrogen-bond donors (Lipinski definition) is 0. The Kier molecular flexibility index (Phi) is 4.99. The van der Waals surface area contributed by atoms with Gasteiger partial charge in [-0.15, -0.1) is 0 Å². The molecule has 1 rings (SSSR count). The van der Waals surface area contributed by atoms with E-state index in [9.17, 15) is 4.79 Å². The van der Waals surface area contributed by atoms with Crippen LogP contribution in [0.5, 0.6) is 0 Å². The number of aryl methyl sites for hydroxylation is 2. The Morgan fingerprint density at radius 3 is 2.39 bits per heavy atom. The first-order valence-corrected chi connectivity index (χ1v) is 6.91. The highest BCUT2D eigenvalue weighted by molar-refractivity contribution is 8.00. The fraction of sp³-hybridized carbons (Fsp3) is 0.583. The first kappa shape index (κ1) is 15.2. The zero-order valence-electron chi connectivity index (χ0n) is 11.2. The molecule has 0 saturated carbocycles. The zero-order valence-corrected chi connectivity index (χ0v) is 12.8. The van der Waals surface area contributed by atoms with Gasteiger partial charge in [-0.25, -0.2) is 9.97 Å². The lowest BCUT2D eigenvalue weighted by molar-refractivity contribution is -0.151. The number of thioether (sulfide) groups is 1. The maximum absolute atomic E-state index is 11.6. The molecule has 0 fully saturated rings. The van der Waals surface area contributed by atoms with Gasteiger partial charge in [0, 0.05) is 0 Å². The lowest BCUT2D eigenvalue weighted by Gasteiger charge is -2.19. The van der Waals surface area contributed by atoms with Gasteiger partial charge in [-0.3, -0.25) is 4.79 Å². The molecular weight excluding hydrogens is 272 g/mol. The Bertz CT molecular complexity index is 458. The monoisotopic (exact) mass is 288 g/mol. The van der Waals surface area contributed by atoms with E-state index in [0.717, 1.165) is 11.4 Å². The average molecular weight is 289 g/mol. The van der Waals surface area contributed by atoms with Crippen LogP contribution < -0.4 is 0 Å². The van der Waals surface area contributed by atoms with Crippen molar-refractivity contribution in [3.8, 4) is 0 Å². The molecule has 0 aromatic carbocycles. The van der Waals surface area contributed by atoms with Gasteiger partial charge in [0.1, 0.15) is 10.6 Å². The van der Waals surface area contributed by atoms with Crippen LogP contribution in [0.2, 0.25) is 5.15 Å². The van der Waals surface area contributed by atoms with Crippen LogP contribution in [0, 0.1) is 13.8 Å². The summed E-state index contributed by atoms with van der Waals surface area (Å²) in [5, 5.41) is 0.886. The molecular formula is C12H17ClN2O2S. The Morgan fingerprint density at radius 2 is 1.83 bits per heavy atom. The van der Waals surface area contributed by atoms with Crippen molar-refractivity contribution in [3.63, 3.8) is 0 Å². The maximum atomic E-state index is 11.6. The van der Waals surface area contributed by atoms with Crippen LogP contribution in [0.25, 0.3) is 0 Å². The Hall–Kier alpha value is -0.810. The van der Waals surface area contributed by atoms with Crippen LogP contribution >= 0.6 is 23.4 Å². The fourth-order valence-corrected chi connectivity index (χ4v) is 2.16. The third-order valence-corrected chi connectivity index (χ3v) is 3.30. The third kappa shape index (κ3) is 4.82. The first-order valence-electron chi connectivity index (χ1n) is 5.54. The molecule has 0 spiro atoms. The van der Waals surface area contributed by atoms with Crippen LogP contribution in [0.15, 0.2) is 5.03 Å². The normalized spacial score (nSPS) is 11.4. The second kappa shape index (κ2) is 5.89. The molecule has 0 aliphatic heterocycles. The second-order valence-electron chi connectivity index (χ2n) is 4.87. The highest BCUT2D eigenvalue weighted by Crippen LogP contribution is 2.25. The van der Waals surface area contributed by atoms with Gasteiger partial charge in [-0.2, -0.15) is 0 Å². The highest BCUT2D eigenvalue weighted by atomic mass is 35.5. The van der Waals surface area contributed by atoms with Crippen molar-refractivity contribution >= 4 is 29.3 Å². The van der Waals surface area contributed by atoms with Crippen LogP contribution in [0.4, 0.5) is 0 Å². The number of halogens is 1. The maximum Gasteiger partial charge on any atom is 0.316 e. The number of rotatable bonds is 3. The van der Waals surface area contributed by atoms with E-state index >= 15 is 0 Å². The molecule has 1 heterocycles. The van der Waals surface area contributed by atoms with Gasteiger partial charge >= 0.3 is 5.97 Å². The molecule has 0 amide bonds. The van der Waals surface area contributed by atoms with Crippen LogP contribution in [-0.4, -0.2) is 27.3 Å². The van der Waals surface area contributed by atoms with Gasteiger partial charge in [0.2, 0.25) is 0 Å². The van der Waals surface area contributed by atoms with Gasteiger partial charge in [-0.05, 0) is 34.6 Å². The Labute approximate surface area is 116 Å². The van der Waals surface area contributed by atoms with E-state index < -0.39 is 5.60 Å². The second-order valence-corrected chi connectivity index (χ2v) is 6.19. The van der Waals surface area contributed by atoms with E-state index in [4.69, 9.17) is 16.3 Å². The molecule has 1 aromatic heterocycles. The topological polar surface area (TPSA) is 52.1 Å². The summed E-state index contributed by atoms with van der Waals surface area (Å²) in [5.41, 5.74) is 1.13. The molecule has 0 aliphatic carbocycles. The summed E-state index contributed by atoms with van der Waals surface area (Å²) in [4.78, 5) is 20.0. The number of ether oxygens (including phenoxy) is 1. The Morgan fingerprint density at radius 1 is 1.28 bits per heavy atom. The van der Waals surface area contributed by atoms with Crippen molar-refractivity contribution in [1.29, 1.82) is 0 Å². The number of esters is 1. The van der Waals surface area contributed by atoms with Crippen molar-refractivity contribution < 1.29 is 9.53 Å². The smallest absolute Gasteiger partial charge is 0.316 e. The standard InChI is InChI=1S/C12H17ClN2O2S/c1-7-8(2)15-11(10(13)14-7)18-6-9(16)17-12(3,4)5/h6H2,1-5H3. The summed E-state index contributed by atoms with van der Waals surface area (Å²) in [6.07, 6.45) is 0. The van der Waals surface area contributed by atoms with Crippen molar-refractivity contribution in [2.75, 3.05) is 5.75 Å².